The summed E-state index contributed by atoms with van der Waals surface area (Å²) in [7, 11) is 0. The number of nitrogens with one attached hydrogen (secondary N) is 1. The number of aliphatic hydroxyl groups is 1. The first kappa shape index (κ1) is 20.1. The maximum atomic E-state index is 12.4. The number of rotatable bonds is 5. The number of carbonyl (C=O) groups is 1. The van der Waals surface area contributed by atoms with Crippen LogP contribution >= 0.6 is 0 Å². The van der Waals surface area contributed by atoms with E-state index < -0.39 is 5.60 Å². The fourth-order valence-electron chi connectivity index (χ4n) is 2.25. The van der Waals surface area contributed by atoms with E-state index in [4.69, 9.17) is 0 Å². The Kier molecular flexibility index (Phi) is 7.83. The van der Waals surface area contributed by atoms with Crippen LogP contribution in [0.15, 0.2) is 48.5 Å². The van der Waals surface area contributed by atoms with E-state index in [-0.39, 0.29) is 5.78 Å². The molecular weight excluding hydrogens is 298 g/mol. The SMILES string of the molecule is CCNCC.Cc1ccc(C(=O)C(C)(O)c2ccc(C)cc2)cc1. The van der Waals surface area contributed by atoms with Crippen LogP contribution in [-0.4, -0.2) is 24.0 Å². The molecular formula is C21H29NO2. The van der Waals surface area contributed by atoms with Crippen molar-refractivity contribution in [3.05, 3.63) is 70.8 Å². The third-order valence-electron chi connectivity index (χ3n) is 3.87. The molecule has 0 radical (unpaired) electrons. The topological polar surface area (TPSA) is 49.3 Å². The van der Waals surface area contributed by atoms with Crippen LogP contribution in [0.3, 0.4) is 0 Å². The number of benzene rings is 2. The lowest BCUT2D eigenvalue weighted by atomic mass is 9.87. The lowest BCUT2D eigenvalue weighted by Crippen LogP contribution is -2.32. The predicted octanol–water partition coefficient (Wildman–Crippen LogP) is 4.01. The van der Waals surface area contributed by atoms with Gasteiger partial charge in [0, 0.05) is 5.56 Å². The van der Waals surface area contributed by atoms with E-state index in [1.54, 1.807) is 31.2 Å². The zero-order valence-corrected chi connectivity index (χ0v) is 15.4. The molecule has 0 saturated heterocycles. The Hall–Kier alpha value is -1.97. The normalized spacial score (nSPS) is 12.8. The number of hydrogen-bond donors (Lipinski definition) is 2. The molecule has 2 rings (SSSR count). The van der Waals surface area contributed by atoms with Gasteiger partial charge in [-0.3, -0.25) is 4.79 Å². The highest BCUT2D eigenvalue weighted by Gasteiger charge is 2.32. The van der Waals surface area contributed by atoms with Gasteiger partial charge in [0.25, 0.3) is 0 Å². The quantitative estimate of drug-likeness (QED) is 0.816. The molecule has 0 bridgehead atoms. The summed E-state index contributed by atoms with van der Waals surface area (Å²) in [5, 5.41) is 13.6. The van der Waals surface area contributed by atoms with Crippen molar-refractivity contribution in [2.24, 2.45) is 0 Å². The molecule has 2 N–H and O–H groups in total. The van der Waals surface area contributed by atoms with Gasteiger partial charge in [0.2, 0.25) is 0 Å². The van der Waals surface area contributed by atoms with Gasteiger partial charge in [-0.05, 0) is 39.4 Å². The van der Waals surface area contributed by atoms with Crippen molar-refractivity contribution >= 4 is 5.78 Å². The van der Waals surface area contributed by atoms with Crippen LogP contribution in [0, 0.1) is 13.8 Å². The van der Waals surface area contributed by atoms with E-state index in [1.165, 1.54) is 0 Å². The Morgan fingerprint density at radius 2 is 1.33 bits per heavy atom. The summed E-state index contributed by atoms with van der Waals surface area (Å²) in [4.78, 5) is 12.4. The van der Waals surface area contributed by atoms with E-state index in [0.717, 1.165) is 24.2 Å². The molecule has 130 valence electrons. The van der Waals surface area contributed by atoms with Gasteiger partial charge in [0.1, 0.15) is 5.60 Å². The Morgan fingerprint density at radius 3 is 1.71 bits per heavy atom. The minimum Gasteiger partial charge on any atom is -0.377 e. The smallest absolute Gasteiger partial charge is 0.198 e. The molecule has 0 aliphatic rings. The van der Waals surface area contributed by atoms with Gasteiger partial charge in [-0.2, -0.15) is 0 Å². The largest absolute Gasteiger partial charge is 0.377 e. The summed E-state index contributed by atoms with van der Waals surface area (Å²) in [6, 6.07) is 14.6. The van der Waals surface area contributed by atoms with Crippen molar-refractivity contribution in [2.45, 2.75) is 40.2 Å². The van der Waals surface area contributed by atoms with Crippen molar-refractivity contribution in [1.82, 2.24) is 5.32 Å². The second-order valence-corrected chi connectivity index (χ2v) is 6.09. The van der Waals surface area contributed by atoms with Crippen LogP contribution < -0.4 is 5.32 Å². The first-order valence-corrected chi connectivity index (χ1v) is 8.44. The van der Waals surface area contributed by atoms with Crippen LogP contribution in [0.2, 0.25) is 0 Å². The average molecular weight is 327 g/mol. The van der Waals surface area contributed by atoms with Gasteiger partial charge in [0.15, 0.2) is 5.78 Å². The summed E-state index contributed by atoms with van der Waals surface area (Å²) in [6.45, 7) is 11.9. The summed E-state index contributed by atoms with van der Waals surface area (Å²) >= 11 is 0. The summed E-state index contributed by atoms with van der Waals surface area (Å²) < 4.78 is 0. The molecule has 0 amide bonds. The Morgan fingerprint density at radius 1 is 0.917 bits per heavy atom. The molecule has 0 aromatic heterocycles. The fourth-order valence-corrected chi connectivity index (χ4v) is 2.25. The van der Waals surface area contributed by atoms with Crippen molar-refractivity contribution in [1.29, 1.82) is 0 Å². The predicted molar refractivity (Wildman–Crippen MR) is 100 cm³/mol. The van der Waals surface area contributed by atoms with Crippen molar-refractivity contribution in [2.75, 3.05) is 13.1 Å². The molecule has 0 spiro atoms. The van der Waals surface area contributed by atoms with E-state index in [9.17, 15) is 9.90 Å². The standard InChI is InChI=1S/C17H18O2.C4H11N/c1-12-4-8-14(9-5-12)16(18)17(3,19)15-10-6-13(2)7-11-15;1-3-5-4-2/h4-11,19H,1-3H3;5H,3-4H2,1-2H3. The van der Waals surface area contributed by atoms with E-state index in [0.29, 0.717) is 11.1 Å². The highest BCUT2D eigenvalue weighted by atomic mass is 16.3. The summed E-state index contributed by atoms with van der Waals surface area (Å²) in [6.07, 6.45) is 0. The molecule has 0 fully saturated rings. The van der Waals surface area contributed by atoms with Gasteiger partial charge < -0.3 is 10.4 Å². The molecule has 3 heteroatoms. The summed E-state index contributed by atoms with van der Waals surface area (Å²) in [5.41, 5.74) is 1.83. The molecule has 1 atom stereocenters. The highest BCUT2D eigenvalue weighted by molar-refractivity contribution is 6.02. The maximum absolute atomic E-state index is 12.4. The highest BCUT2D eigenvalue weighted by Crippen LogP contribution is 2.25. The molecule has 0 aliphatic heterocycles. The second-order valence-electron chi connectivity index (χ2n) is 6.09. The van der Waals surface area contributed by atoms with E-state index >= 15 is 0 Å². The van der Waals surface area contributed by atoms with Gasteiger partial charge >= 0.3 is 0 Å². The number of Topliss-reactive ketones (excluding diaryl/α,β-unsaturated/α-hetero) is 1. The zero-order chi connectivity index (χ0) is 18.2. The van der Waals surface area contributed by atoms with E-state index in [2.05, 4.69) is 19.2 Å². The molecule has 0 aliphatic carbocycles. The first-order valence-electron chi connectivity index (χ1n) is 8.44. The third-order valence-corrected chi connectivity index (χ3v) is 3.87. The summed E-state index contributed by atoms with van der Waals surface area (Å²) in [5.74, 6) is -0.281. The van der Waals surface area contributed by atoms with E-state index in [1.807, 2.05) is 38.1 Å². The van der Waals surface area contributed by atoms with Gasteiger partial charge in [-0.25, -0.2) is 0 Å². The molecule has 2 aromatic carbocycles. The lowest BCUT2D eigenvalue weighted by Gasteiger charge is -2.22. The Bertz CT molecular complexity index is 626. The molecule has 1 unspecified atom stereocenters. The van der Waals surface area contributed by atoms with Gasteiger partial charge in [-0.1, -0.05) is 73.5 Å². The molecule has 3 nitrogen and oxygen atoms in total. The molecule has 24 heavy (non-hydrogen) atoms. The number of aryl methyl sites for hydroxylation is 2. The number of ketones is 1. The van der Waals surface area contributed by atoms with Crippen LogP contribution in [0.1, 0.15) is 47.8 Å². The average Bonchev–Trinajstić information content (AvgIpc) is 2.56. The van der Waals surface area contributed by atoms with Crippen molar-refractivity contribution < 1.29 is 9.90 Å². The van der Waals surface area contributed by atoms with Crippen molar-refractivity contribution in [3.63, 3.8) is 0 Å². The minimum absolute atomic E-state index is 0.281. The minimum atomic E-state index is -1.50. The van der Waals surface area contributed by atoms with Crippen LogP contribution in [0.25, 0.3) is 0 Å². The van der Waals surface area contributed by atoms with Crippen LogP contribution in [0.5, 0.6) is 0 Å². The maximum Gasteiger partial charge on any atom is 0.198 e. The number of carbonyl (C=O) groups excluding carboxylic acids is 1. The zero-order valence-electron chi connectivity index (χ0n) is 15.4. The molecule has 2 aromatic rings. The molecule has 0 heterocycles. The third kappa shape index (κ3) is 5.59. The second kappa shape index (κ2) is 9.36. The molecule has 0 saturated carbocycles. The first-order chi connectivity index (χ1) is 11.3. The number of hydrogen-bond acceptors (Lipinski definition) is 3. The Balaban J connectivity index is 0.000000505. The van der Waals surface area contributed by atoms with Crippen molar-refractivity contribution in [3.8, 4) is 0 Å². The fraction of sp³-hybridized carbons (Fsp3) is 0.381. The Labute approximate surface area is 145 Å². The van der Waals surface area contributed by atoms with Crippen LogP contribution in [-0.2, 0) is 5.60 Å². The van der Waals surface area contributed by atoms with Gasteiger partial charge in [0.05, 0.1) is 0 Å². The monoisotopic (exact) mass is 327 g/mol. The van der Waals surface area contributed by atoms with Gasteiger partial charge in [-0.15, -0.1) is 0 Å². The van der Waals surface area contributed by atoms with Crippen LogP contribution in [0.4, 0.5) is 0 Å². The lowest BCUT2D eigenvalue weighted by molar-refractivity contribution is 0.0392.